The Morgan fingerprint density at radius 3 is 2.37 bits per heavy atom. The van der Waals surface area contributed by atoms with Gasteiger partial charge in [-0.05, 0) is 86.1 Å². The molecule has 0 saturated carbocycles. The average Bonchev–Trinajstić information content (AvgIpc) is 3.26. The van der Waals surface area contributed by atoms with Crippen LogP contribution in [0.3, 0.4) is 0 Å². The first-order valence-corrected chi connectivity index (χ1v) is 12.3. The van der Waals surface area contributed by atoms with Gasteiger partial charge in [0.05, 0.1) is 23.0 Å². The van der Waals surface area contributed by atoms with Crippen LogP contribution in [0.15, 0.2) is 60.7 Å². The Kier molecular flexibility index (Phi) is 7.94. The maximum Gasteiger partial charge on any atom is 0.257 e. The summed E-state index contributed by atoms with van der Waals surface area (Å²) < 4.78 is 5.40. The number of hydrogen-bond donors (Lipinski definition) is 2. The summed E-state index contributed by atoms with van der Waals surface area (Å²) in [5, 5.41) is 15.3. The lowest BCUT2D eigenvalue weighted by Gasteiger charge is -2.11. The second-order valence-electron chi connectivity index (χ2n) is 7.95. The van der Waals surface area contributed by atoms with E-state index < -0.39 is 0 Å². The predicted octanol–water partition coefficient (Wildman–Crippen LogP) is 5.94. The number of aryl methyl sites for hydroxylation is 1. The number of benzene rings is 3. The van der Waals surface area contributed by atoms with Gasteiger partial charge in [-0.2, -0.15) is 4.80 Å². The molecule has 0 atom stereocenters. The molecule has 0 spiro atoms. The number of thiocarbonyl (C=S) groups is 1. The second kappa shape index (κ2) is 11.3. The molecular formula is C26H26ClN5O2S. The van der Waals surface area contributed by atoms with E-state index in [9.17, 15) is 4.79 Å². The molecule has 0 aliphatic rings. The fourth-order valence-corrected chi connectivity index (χ4v) is 3.93. The van der Waals surface area contributed by atoms with Crippen LogP contribution in [0.5, 0.6) is 5.75 Å². The molecule has 3 aromatic carbocycles. The zero-order chi connectivity index (χ0) is 24.8. The van der Waals surface area contributed by atoms with Crippen molar-refractivity contribution in [3.05, 3.63) is 76.8 Å². The van der Waals surface area contributed by atoms with Crippen molar-refractivity contribution in [3.63, 3.8) is 0 Å². The van der Waals surface area contributed by atoms with Gasteiger partial charge in [-0.3, -0.25) is 10.1 Å². The Morgan fingerprint density at radius 1 is 1.03 bits per heavy atom. The fraction of sp³-hybridized carbons (Fsp3) is 0.231. The lowest BCUT2D eigenvalue weighted by molar-refractivity contribution is 0.0977. The van der Waals surface area contributed by atoms with Crippen molar-refractivity contribution in [1.82, 2.24) is 20.3 Å². The number of aromatic nitrogens is 3. The van der Waals surface area contributed by atoms with E-state index >= 15 is 0 Å². The first-order chi connectivity index (χ1) is 17.0. The summed E-state index contributed by atoms with van der Waals surface area (Å²) in [5.41, 5.74) is 4.45. The molecule has 4 aromatic rings. The molecule has 4 rings (SSSR count). The van der Waals surface area contributed by atoms with Gasteiger partial charge >= 0.3 is 0 Å². The van der Waals surface area contributed by atoms with Crippen molar-refractivity contribution < 1.29 is 9.53 Å². The quantitative estimate of drug-likeness (QED) is 0.287. The molecule has 180 valence electrons. The minimum absolute atomic E-state index is 0.125. The zero-order valence-electron chi connectivity index (χ0n) is 19.5. The second-order valence-corrected chi connectivity index (χ2v) is 8.76. The number of halogens is 1. The fourth-order valence-electron chi connectivity index (χ4n) is 3.52. The first-order valence-electron chi connectivity index (χ1n) is 11.5. The predicted molar refractivity (Wildman–Crippen MR) is 144 cm³/mol. The largest absolute Gasteiger partial charge is 0.494 e. The number of amides is 1. The van der Waals surface area contributed by atoms with Crippen molar-refractivity contribution in [1.29, 1.82) is 0 Å². The number of anilines is 1. The molecule has 0 bridgehead atoms. The number of hydrogen-bond acceptors (Lipinski definition) is 5. The number of nitrogens with zero attached hydrogens (tertiary/aromatic N) is 3. The molecule has 0 unspecified atom stereocenters. The van der Waals surface area contributed by atoms with Crippen molar-refractivity contribution in [2.24, 2.45) is 0 Å². The summed E-state index contributed by atoms with van der Waals surface area (Å²) in [6.07, 6.45) is 3.39. The monoisotopic (exact) mass is 507 g/mol. The SMILES string of the molecule is CCCCc1ccc(-n2nc3cc(Cl)c(NC(=S)NC(=O)c4ccc(OCC)cc4)cc3n2)cc1. The van der Waals surface area contributed by atoms with E-state index in [0.29, 0.717) is 39.7 Å². The smallest absolute Gasteiger partial charge is 0.257 e. The van der Waals surface area contributed by atoms with Crippen LogP contribution >= 0.6 is 23.8 Å². The molecule has 0 radical (unpaired) electrons. The Bertz CT molecular complexity index is 1340. The van der Waals surface area contributed by atoms with E-state index in [-0.39, 0.29) is 11.0 Å². The van der Waals surface area contributed by atoms with E-state index in [2.05, 4.69) is 39.9 Å². The molecule has 0 saturated heterocycles. The van der Waals surface area contributed by atoms with Crippen LogP contribution < -0.4 is 15.4 Å². The van der Waals surface area contributed by atoms with Gasteiger partial charge < -0.3 is 10.1 Å². The lowest BCUT2D eigenvalue weighted by Crippen LogP contribution is -2.34. The normalized spacial score (nSPS) is 10.8. The summed E-state index contributed by atoms with van der Waals surface area (Å²) in [7, 11) is 0. The Hall–Kier alpha value is -3.49. The topological polar surface area (TPSA) is 81.1 Å². The number of ether oxygens (including phenoxy) is 1. The number of unbranched alkanes of at least 4 members (excludes halogenated alkanes) is 1. The molecule has 0 fully saturated rings. The molecule has 35 heavy (non-hydrogen) atoms. The van der Waals surface area contributed by atoms with Crippen molar-refractivity contribution in [2.75, 3.05) is 11.9 Å². The maximum absolute atomic E-state index is 12.5. The molecule has 9 heteroatoms. The zero-order valence-corrected chi connectivity index (χ0v) is 21.1. The molecule has 1 aromatic heterocycles. The summed E-state index contributed by atoms with van der Waals surface area (Å²) in [4.78, 5) is 14.1. The summed E-state index contributed by atoms with van der Waals surface area (Å²) in [6.45, 7) is 4.65. The van der Waals surface area contributed by atoms with Crippen LogP contribution in [-0.4, -0.2) is 32.6 Å². The van der Waals surface area contributed by atoms with E-state index in [1.54, 1.807) is 41.2 Å². The third-order valence-electron chi connectivity index (χ3n) is 5.36. The number of fused-ring (bicyclic) bond motifs is 1. The van der Waals surface area contributed by atoms with E-state index in [1.165, 1.54) is 18.4 Å². The van der Waals surface area contributed by atoms with Crippen LogP contribution in [-0.2, 0) is 6.42 Å². The highest BCUT2D eigenvalue weighted by molar-refractivity contribution is 7.80. The van der Waals surface area contributed by atoms with Crippen molar-refractivity contribution in [2.45, 2.75) is 33.1 Å². The molecule has 2 N–H and O–H groups in total. The Labute approximate surface area is 214 Å². The van der Waals surface area contributed by atoms with E-state index in [0.717, 1.165) is 12.1 Å². The van der Waals surface area contributed by atoms with Crippen molar-refractivity contribution >= 4 is 51.6 Å². The molecule has 1 amide bonds. The highest BCUT2D eigenvalue weighted by Crippen LogP contribution is 2.27. The summed E-state index contributed by atoms with van der Waals surface area (Å²) in [5.74, 6) is 0.362. The molecule has 1 heterocycles. The van der Waals surface area contributed by atoms with Gasteiger partial charge in [0, 0.05) is 5.56 Å². The minimum Gasteiger partial charge on any atom is -0.494 e. The van der Waals surface area contributed by atoms with Gasteiger partial charge in [-0.25, -0.2) is 0 Å². The maximum atomic E-state index is 12.5. The summed E-state index contributed by atoms with van der Waals surface area (Å²) >= 11 is 11.8. The standard InChI is InChI=1S/C26H26ClN5O2S/c1-3-5-6-17-7-11-19(12-8-17)32-30-23-15-21(27)22(16-24(23)31-32)28-26(35)29-25(33)18-9-13-20(14-10-18)34-4-2/h7-16H,3-6H2,1-2H3,(H2,28,29,33,35). The van der Waals surface area contributed by atoms with E-state index in [1.807, 2.05) is 19.1 Å². The van der Waals surface area contributed by atoms with Gasteiger partial charge in [-0.15, -0.1) is 10.2 Å². The first kappa shape index (κ1) is 24.6. The van der Waals surface area contributed by atoms with Crippen LogP contribution in [0, 0.1) is 0 Å². The minimum atomic E-state index is -0.337. The van der Waals surface area contributed by atoms with Crippen LogP contribution in [0.2, 0.25) is 5.02 Å². The molecule has 0 aliphatic heterocycles. The van der Waals surface area contributed by atoms with Crippen LogP contribution in [0.1, 0.15) is 42.6 Å². The Balaban J connectivity index is 1.45. The molecule has 7 nitrogen and oxygen atoms in total. The lowest BCUT2D eigenvalue weighted by atomic mass is 10.1. The molecular weight excluding hydrogens is 482 g/mol. The van der Waals surface area contributed by atoms with Gasteiger partial charge in [0.2, 0.25) is 0 Å². The van der Waals surface area contributed by atoms with Crippen molar-refractivity contribution in [3.8, 4) is 11.4 Å². The third-order valence-corrected chi connectivity index (χ3v) is 5.88. The third kappa shape index (κ3) is 6.15. The number of carbonyl (C=O) groups excluding carboxylic acids is 1. The number of carbonyl (C=O) groups is 1. The van der Waals surface area contributed by atoms with Crippen LogP contribution in [0.25, 0.3) is 16.7 Å². The highest BCUT2D eigenvalue weighted by atomic mass is 35.5. The highest BCUT2D eigenvalue weighted by Gasteiger charge is 2.13. The van der Waals surface area contributed by atoms with Gasteiger partial charge in [0.1, 0.15) is 16.8 Å². The van der Waals surface area contributed by atoms with Gasteiger partial charge in [0.15, 0.2) is 5.11 Å². The van der Waals surface area contributed by atoms with Crippen LogP contribution in [0.4, 0.5) is 5.69 Å². The number of nitrogens with one attached hydrogen (secondary N) is 2. The van der Waals surface area contributed by atoms with E-state index in [4.69, 9.17) is 28.6 Å². The van der Waals surface area contributed by atoms with Gasteiger partial charge in [0.25, 0.3) is 5.91 Å². The Morgan fingerprint density at radius 2 is 1.71 bits per heavy atom. The number of rotatable bonds is 8. The summed E-state index contributed by atoms with van der Waals surface area (Å²) in [6, 6.07) is 18.5. The average molecular weight is 508 g/mol. The molecule has 0 aliphatic carbocycles. The van der Waals surface area contributed by atoms with Gasteiger partial charge in [-0.1, -0.05) is 37.1 Å².